The standard InChI is InChI=1S/C14H24N2O2/c1-3-18-12-5-4-8-15-9-11-16-10-6-7-13(2)14(16)17/h6-7,10,15H,3-5,8-9,11-12H2,1-2H3. The van der Waals surface area contributed by atoms with Crippen molar-refractivity contribution in [1.29, 1.82) is 0 Å². The molecule has 1 aromatic rings. The SMILES string of the molecule is CCOCCCCNCCn1cccc(C)c1=O. The van der Waals surface area contributed by atoms with Gasteiger partial charge in [0.1, 0.15) is 0 Å². The molecule has 1 aromatic heterocycles. The van der Waals surface area contributed by atoms with Gasteiger partial charge in [0.25, 0.3) is 5.56 Å². The third-order valence-electron chi connectivity index (χ3n) is 2.84. The first-order valence-electron chi connectivity index (χ1n) is 6.70. The van der Waals surface area contributed by atoms with E-state index in [1.54, 1.807) is 4.57 Å². The number of aryl methyl sites for hydroxylation is 1. The lowest BCUT2D eigenvalue weighted by Gasteiger charge is -2.08. The summed E-state index contributed by atoms with van der Waals surface area (Å²) in [6, 6.07) is 3.76. The first kappa shape index (κ1) is 14.9. The smallest absolute Gasteiger partial charge is 0.253 e. The van der Waals surface area contributed by atoms with Crippen molar-refractivity contribution in [3.8, 4) is 0 Å². The largest absolute Gasteiger partial charge is 0.382 e. The quantitative estimate of drug-likeness (QED) is 0.678. The molecule has 0 aliphatic carbocycles. The van der Waals surface area contributed by atoms with Gasteiger partial charge in [0, 0.05) is 38.1 Å². The van der Waals surface area contributed by atoms with E-state index in [9.17, 15) is 4.79 Å². The number of aromatic nitrogens is 1. The van der Waals surface area contributed by atoms with E-state index >= 15 is 0 Å². The van der Waals surface area contributed by atoms with Gasteiger partial charge in [-0.05, 0) is 39.3 Å². The summed E-state index contributed by atoms with van der Waals surface area (Å²) in [5.41, 5.74) is 0.907. The fraction of sp³-hybridized carbons (Fsp3) is 0.643. The summed E-state index contributed by atoms with van der Waals surface area (Å²) in [6.45, 7) is 8.04. The van der Waals surface area contributed by atoms with Crippen molar-refractivity contribution in [3.63, 3.8) is 0 Å². The van der Waals surface area contributed by atoms with Crippen LogP contribution in [-0.2, 0) is 11.3 Å². The van der Waals surface area contributed by atoms with E-state index in [-0.39, 0.29) is 5.56 Å². The monoisotopic (exact) mass is 252 g/mol. The molecule has 0 bridgehead atoms. The van der Waals surface area contributed by atoms with Crippen LogP contribution in [0.1, 0.15) is 25.3 Å². The molecule has 0 amide bonds. The summed E-state index contributed by atoms with van der Waals surface area (Å²) in [7, 11) is 0. The van der Waals surface area contributed by atoms with Crippen LogP contribution >= 0.6 is 0 Å². The molecule has 0 aliphatic rings. The van der Waals surface area contributed by atoms with Gasteiger partial charge in [-0.3, -0.25) is 4.79 Å². The Bertz CT molecular complexity index is 388. The molecule has 0 aliphatic heterocycles. The molecule has 1 N–H and O–H groups in total. The minimum atomic E-state index is 0.107. The molecule has 1 rings (SSSR count). The molecule has 0 saturated carbocycles. The van der Waals surface area contributed by atoms with Gasteiger partial charge in [0.05, 0.1) is 0 Å². The molecular formula is C14H24N2O2. The topological polar surface area (TPSA) is 43.3 Å². The van der Waals surface area contributed by atoms with Gasteiger partial charge in [0.15, 0.2) is 0 Å². The molecule has 0 atom stereocenters. The number of hydrogen-bond donors (Lipinski definition) is 1. The molecular weight excluding hydrogens is 228 g/mol. The van der Waals surface area contributed by atoms with Crippen LogP contribution in [0.5, 0.6) is 0 Å². The minimum Gasteiger partial charge on any atom is -0.382 e. The van der Waals surface area contributed by atoms with Crippen LogP contribution in [0.3, 0.4) is 0 Å². The first-order chi connectivity index (χ1) is 8.75. The summed E-state index contributed by atoms with van der Waals surface area (Å²) < 4.78 is 7.02. The normalized spacial score (nSPS) is 10.8. The number of nitrogens with zero attached hydrogens (tertiary/aromatic N) is 1. The first-order valence-corrected chi connectivity index (χ1v) is 6.70. The van der Waals surface area contributed by atoms with E-state index in [0.29, 0.717) is 0 Å². The molecule has 0 fully saturated rings. The zero-order valence-electron chi connectivity index (χ0n) is 11.4. The maximum absolute atomic E-state index is 11.7. The zero-order valence-corrected chi connectivity index (χ0v) is 11.4. The molecule has 18 heavy (non-hydrogen) atoms. The fourth-order valence-electron chi connectivity index (χ4n) is 1.76. The van der Waals surface area contributed by atoms with Crippen molar-refractivity contribution in [2.75, 3.05) is 26.3 Å². The van der Waals surface area contributed by atoms with Crippen molar-refractivity contribution in [2.45, 2.75) is 33.2 Å². The van der Waals surface area contributed by atoms with Crippen LogP contribution in [0.2, 0.25) is 0 Å². The second-order valence-corrected chi connectivity index (χ2v) is 4.34. The number of unbranched alkanes of at least 4 members (excludes halogenated alkanes) is 1. The van der Waals surface area contributed by atoms with Crippen molar-refractivity contribution in [3.05, 3.63) is 34.2 Å². The second kappa shape index (κ2) is 8.89. The Morgan fingerprint density at radius 3 is 2.94 bits per heavy atom. The number of hydrogen-bond acceptors (Lipinski definition) is 3. The number of ether oxygens (including phenoxy) is 1. The Hall–Kier alpha value is -1.13. The summed E-state index contributed by atoms with van der Waals surface area (Å²) in [5, 5.41) is 3.34. The van der Waals surface area contributed by atoms with Crippen molar-refractivity contribution in [2.24, 2.45) is 0 Å². The van der Waals surface area contributed by atoms with E-state index in [1.165, 1.54) is 0 Å². The molecule has 0 saturated heterocycles. The maximum atomic E-state index is 11.7. The second-order valence-electron chi connectivity index (χ2n) is 4.34. The highest BCUT2D eigenvalue weighted by molar-refractivity contribution is 5.07. The van der Waals surface area contributed by atoms with Crippen molar-refractivity contribution in [1.82, 2.24) is 9.88 Å². The van der Waals surface area contributed by atoms with Gasteiger partial charge in [0.2, 0.25) is 0 Å². The molecule has 0 radical (unpaired) electrons. The number of pyridine rings is 1. The van der Waals surface area contributed by atoms with Crippen molar-refractivity contribution >= 4 is 0 Å². The Balaban J connectivity index is 2.11. The average Bonchev–Trinajstić information content (AvgIpc) is 2.37. The lowest BCUT2D eigenvalue weighted by molar-refractivity contribution is 0.143. The Labute approximate surface area is 109 Å². The predicted octanol–water partition coefficient (Wildman–Crippen LogP) is 1.56. The molecule has 4 heteroatoms. The third-order valence-corrected chi connectivity index (χ3v) is 2.84. The maximum Gasteiger partial charge on any atom is 0.253 e. The molecule has 0 unspecified atom stereocenters. The molecule has 0 aromatic carbocycles. The van der Waals surface area contributed by atoms with Gasteiger partial charge in [-0.1, -0.05) is 6.07 Å². The van der Waals surface area contributed by atoms with Crippen LogP contribution in [-0.4, -0.2) is 30.9 Å². The Morgan fingerprint density at radius 2 is 2.17 bits per heavy atom. The van der Waals surface area contributed by atoms with Crippen LogP contribution in [0.25, 0.3) is 0 Å². The molecule has 102 valence electrons. The van der Waals surface area contributed by atoms with Gasteiger partial charge in [-0.2, -0.15) is 0 Å². The van der Waals surface area contributed by atoms with E-state index in [4.69, 9.17) is 4.74 Å². The summed E-state index contributed by atoms with van der Waals surface area (Å²) >= 11 is 0. The highest BCUT2D eigenvalue weighted by Crippen LogP contribution is 1.90. The van der Waals surface area contributed by atoms with Gasteiger partial charge in [-0.15, -0.1) is 0 Å². The molecule has 1 heterocycles. The molecule has 0 spiro atoms. The van der Waals surface area contributed by atoms with Gasteiger partial charge in [-0.25, -0.2) is 0 Å². The van der Waals surface area contributed by atoms with Gasteiger partial charge < -0.3 is 14.6 Å². The highest BCUT2D eigenvalue weighted by atomic mass is 16.5. The summed E-state index contributed by atoms with van der Waals surface area (Å²) in [6.07, 6.45) is 4.04. The van der Waals surface area contributed by atoms with E-state index in [1.807, 2.05) is 32.2 Å². The third kappa shape index (κ3) is 5.47. The summed E-state index contributed by atoms with van der Waals surface area (Å²) in [4.78, 5) is 11.7. The average molecular weight is 252 g/mol. The van der Waals surface area contributed by atoms with E-state index in [0.717, 1.165) is 51.3 Å². The lowest BCUT2D eigenvalue weighted by Crippen LogP contribution is -2.28. The van der Waals surface area contributed by atoms with Crippen LogP contribution in [0.15, 0.2) is 23.1 Å². The highest BCUT2D eigenvalue weighted by Gasteiger charge is 1.97. The fourth-order valence-corrected chi connectivity index (χ4v) is 1.76. The zero-order chi connectivity index (χ0) is 13.2. The summed E-state index contributed by atoms with van der Waals surface area (Å²) in [5.74, 6) is 0. The van der Waals surface area contributed by atoms with E-state index in [2.05, 4.69) is 5.32 Å². The van der Waals surface area contributed by atoms with Gasteiger partial charge >= 0.3 is 0 Å². The lowest BCUT2D eigenvalue weighted by atomic mass is 10.3. The van der Waals surface area contributed by atoms with E-state index < -0.39 is 0 Å². The Kier molecular flexibility index (Phi) is 7.37. The van der Waals surface area contributed by atoms with Crippen molar-refractivity contribution < 1.29 is 4.74 Å². The predicted molar refractivity (Wildman–Crippen MR) is 74.0 cm³/mol. The Morgan fingerprint density at radius 1 is 1.33 bits per heavy atom. The van der Waals surface area contributed by atoms with Crippen LogP contribution < -0.4 is 10.9 Å². The minimum absolute atomic E-state index is 0.107. The van der Waals surface area contributed by atoms with Crippen LogP contribution in [0.4, 0.5) is 0 Å². The number of rotatable bonds is 9. The number of nitrogens with one attached hydrogen (secondary N) is 1. The molecule has 4 nitrogen and oxygen atoms in total. The van der Waals surface area contributed by atoms with Crippen LogP contribution in [0, 0.1) is 6.92 Å².